The van der Waals surface area contributed by atoms with Gasteiger partial charge in [0.15, 0.2) is 0 Å². The van der Waals surface area contributed by atoms with Crippen molar-refractivity contribution in [3.8, 4) is 0 Å². The number of fused-ring (bicyclic) bond motifs is 5. The highest BCUT2D eigenvalue weighted by Crippen LogP contribution is 2.65. The lowest BCUT2D eigenvalue weighted by Crippen LogP contribution is -2.52. The molecule has 0 amide bonds. The normalized spacial score (nSPS) is 44.5. The number of aromatic nitrogens is 2. The van der Waals surface area contributed by atoms with Gasteiger partial charge in [-0.05, 0) is 118 Å². The van der Waals surface area contributed by atoms with Crippen molar-refractivity contribution in [3.63, 3.8) is 0 Å². The minimum atomic E-state index is -0.574. The van der Waals surface area contributed by atoms with E-state index in [4.69, 9.17) is 10.5 Å². The molecule has 5 heteroatoms. The molecule has 0 spiro atoms. The van der Waals surface area contributed by atoms with Crippen molar-refractivity contribution < 1.29 is 9.84 Å². The second-order valence-electron chi connectivity index (χ2n) is 12.2. The molecule has 0 aliphatic heterocycles. The monoisotopic (exact) mass is 443 g/mol. The maximum atomic E-state index is 11.1. The van der Waals surface area contributed by atoms with Gasteiger partial charge in [-0.25, -0.2) is 4.68 Å². The van der Waals surface area contributed by atoms with E-state index in [9.17, 15) is 5.11 Å². The Hall–Kier alpha value is -1.07. The average Bonchev–Trinajstić information content (AvgIpc) is 3.34. The van der Waals surface area contributed by atoms with E-state index in [0.29, 0.717) is 30.5 Å². The fraction of sp³-hybridized carbons (Fsp3) is 0.889. The molecule has 4 aliphatic carbocycles. The minimum Gasteiger partial charge on any atom is -0.387 e. The third kappa shape index (κ3) is 3.81. The van der Waals surface area contributed by atoms with Crippen LogP contribution in [0.25, 0.3) is 0 Å². The summed E-state index contributed by atoms with van der Waals surface area (Å²) in [6, 6.07) is 1.91. The van der Waals surface area contributed by atoms with Crippen LogP contribution in [0, 0.1) is 46.8 Å². The molecule has 0 unspecified atom stereocenters. The van der Waals surface area contributed by atoms with Crippen LogP contribution in [-0.4, -0.2) is 33.7 Å². The molecule has 4 aliphatic rings. The zero-order valence-electron chi connectivity index (χ0n) is 20.5. The van der Waals surface area contributed by atoms with Crippen LogP contribution in [0.2, 0.25) is 0 Å². The quantitative estimate of drug-likeness (QED) is 0.639. The molecule has 180 valence electrons. The Morgan fingerprint density at radius 2 is 1.97 bits per heavy atom. The standard InChI is InChI=1S/C27H45N3O2/c1-4-32-17-27(31)13-10-20-19(15-27)5-6-22-21(20)9-12-26(3)23(7-8-24(22)26)18(2)16-30-25(28)11-14-29-30/h11,14,18-24,31H,4-10,12-13,15-17,28H2,1-3H3/t18-,19-,20+,21-,22-,23-,24+,26-,27-/m1/s1. The van der Waals surface area contributed by atoms with E-state index in [1.54, 1.807) is 0 Å². The molecule has 0 radical (unpaired) electrons. The largest absolute Gasteiger partial charge is 0.387 e. The fourth-order valence-electron chi connectivity index (χ4n) is 9.26. The van der Waals surface area contributed by atoms with Crippen LogP contribution >= 0.6 is 0 Å². The van der Waals surface area contributed by atoms with Gasteiger partial charge in [0.1, 0.15) is 5.82 Å². The van der Waals surface area contributed by atoms with Gasteiger partial charge >= 0.3 is 0 Å². The Bertz CT molecular complexity index is 796. The van der Waals surface area contributed by atoms with Gasteiger partial charge in [0, 0.05) is 13.2 Å². The zero-order chi connectivity index (χ0) is 22.5. The van der Waals surface area contributed by atoms with Crippen molar-refractivity contribution in [1.29, 1.82) is 0 Å². The Balaban J connectivity index is 1.27. The van der Waals surface area contributed by atoms with Gasteiger partial charge < -0.3 is 15.6 Å². The summed E-state index contributed by atoms with van der Waals surface area (Å²) in [5.41, 5.74) is 6.02. The fourth-order valence-corrected chi connectivity index (χ4v) is 9.26. The summed E-state index contributed by atoms with van der Waals surface area (Å²) in [6.45, 7) is 9.27. The Morgan fingerprint density at radius 1 is 1.16 bits per heavy atom. The third-order valence-corrected chi connectivity index (χ3v) is 10.6. The van der Waals surface area contributed by atoms with E-state index in [1.165, 1.54) is 44.9 Å². The van der Waals surface area contributed by atoms with Crippen LogP contribution in [0.5, 0.6) is 0 Å². The Kier molecular flexibility index (Phi) is 6.11. The van der Waals surface area contributed by atoms with E-state index in [-0.39, 0.29) is 0 Å². The van der Waals surface area contributed by atoms with E-state index in [2.05, 4.69) is 18.9 Å². The topological polar surface area (TPSA) is 73.3 Å². The summed E-state index contributed by atoms with van der Waals surface area (Å²) in [4.78, 5) is 0. The predicted octanol–water partition coefficient (Wildman–Crippen LogP) is 5.14. The molecule has 4 saturated carbocycles. The van der Waals surface area contributed by atoms with Gasteiger partial charge in [-0.2, -0.15) is 5.10 Å². The molecule has 0 aromatic carbocycles. The number of ether oxygens (including phenoxy) is 1. The van der Waals surface area contributed by atoms with E-state index in [0.717, 1.165) is 54.8 Å². The highest BCUT2D eigenvalue weighted by Gasteiger charge is 2.58. The summed E-state index contributed by atoms with van der Waals surface area (Å²) in [7, 11) is 0. The second kappa shape index (κ2) is 8.61. The van der Waals surface area contributed by atoms with Gasteiger partial charge in [-0.3, -0.25) is 0 Å². The molecule has 9 atom stereocenters. The number of nitrogens with two attached hydrogens (primary N) is 1. The third-order valence-electron chi connectivity index (χ3n) is 10.6. The molecule has 5 rings (SSSR count). The van der Waals surface area contributed by atoms with Crippen LogP contribution in [0.1, 0.15) is 78.6 Å². The summed E-state index contributed by atoms with van der Waals surface area (Å²) in [5.74, 6) is 6.40. The van der Waals surface area contributed by atoms with Crippen molar-refractivity contribution in [3.05, 3.63) is 12.3 Å². The molecule has 32 heavy (non-hydrogen) atoms. The molecular weight excluding hydrogens is 398 g/mol. The van der Waals surface area contributed by atoms with Gasteiger partial charge in [0.25, 0.3) is 0 Å². The van der Waals surface area contributed by atoms with Crippen LogP contribution in [0.4, 0.5) is 5.82 Å². The van der Waals surface area contributed by atoms with Crippen molar-refractivity contribution in [1.82, 2.24) is 9.78 Å². The lowest BCUT2D eigenvalue weighted by atomic mass is 9.48. The maximum Gasteiger partial charge on any atom is 0.121 e. The lowest BCUT2D eigenvalue weighted by Gasteiger charge is -2.57. The van der Waals surface area contributed by atoms with Gasteiger partial charge in [0.05, 0.1) is 18.4 Å². The zero-order valence-corrected chi connectivity index (χ0v) is 20.5. The predicted molar refractivity (Wildman–Crippen MR) is 128 cm³/mol. The highest BCUT2D eigenvalue weighted by atomic mass is 16.5. The first-order valence-corrected chi connectivity index (χ1v) is 13.4. The molecule has 1 aromatic heterocycles. The number of anilines is 1. The average molecular weight is 444 g/mol. The van der Waals surface area contributed by atoms with Crippen molar-refractivity contribution in [2.45, 2.75) is 90.7 Å². The minimum absolute atomic E-state index is 0.472. The van der Waals surface area contributed by atoms with Gasteiger partial charge in [-0.15, -0.1) is 0 Å². The molecule has 3 N–H and O–H groups in total. The summed E-state index contributed by atoms with van der Waals surface area (Å²) < 4.78 is 7.65. The smallest absolute Gasteiger partial charge is 0.121 e. The summed E-state index contributed by atoms with van der Waals surface area (Å²) in [5, 5.41) is 15.6. The van der Waals surface area contributed by atoms with Gasteiger partial charge in [0.2, 0.25) is 0 Å². The van der Waals surface area contributed by atoms with E-state index < -0.39 is 5.60 Å². The molecule has 1 heterocycles. The first-order valence-electron chi connectivity index (χ1n) is 13.4. The van der Waals surface area contributed by atoms with Crippen LogP contribution in [0.15, 0.2) is 12.3 Å². The van der Waals surface area contributed by atoms with Crippen LogP contribution in [0.3, 0.4) is 0 Å². The number of hydrogen-bond donors (Lipinski definition) is 2. The number of nitrogen functional groups attached to an aromatic ring is 1. The number of aliphatic hydroxyl groups is 1. The SMILES string of the molecule is CCOC[C@@]1(O)CC[C@H]2[C@H](CC[C@@H]3[C@@H]2CC[C@]2(C)[C@@H]([C@H](C)Cn4nccc4N)CC[C@@H]32)C1. The van der Waals surface area contributed by atoms with Crippen LogP contribution in [-0.2, 0) is 11.3 Å². The first kappa shape index (κ1) is 22.7. The number of nitrogens with zero attached hydrogens (tertiary/aromatic N) is 2. The second-order valence-corrected chi connectivity index (χ2v) is 12.2. The molecule has 0 saturated heterocycles. The molecule has 0 bridgehead atoms. The number of rotatable bonds is 6. The molecule has 4 fully saturated rings. The van der Waals surface area contributed by atoms with Crippen molar-refractivity contribution >= 4 is 5.82 Å². The van der Waals surface area contributed by atoms with Gasteiger partial charge in [-0.1, -0.05) is 13.8 Å². The highest BCUT2D eigenvalue weighted by molar-refractivity contribution is 5.25. The molecule has 5 nitrogen and oxygen atoms in total. The lowest BCUT2D eigenvalue weighted by molar-refractivity contribution is -0.129. The first-order chi connectivity index (χ1) is 15.3. The summed E-state index contributed by atoms with van der Waals surface area (Å²) >= 11 is 0. The molecular formula is C27H45N3O2. The number of hydrogen-bond acceptors (Lipinski definition) is 4. The van der Waals surface area contributed by atoms with Crippen molar-refractivity contribution in [2.75, 3.05) is 18.9 Å². The van der Waals surface area contributed by atoms with Crippen molar-refractivity contribution in [2.24, 2.45) is 46.8 Å². The van der Waals surface area contributed by atoms with E-state index >= 15 is 0 Å². The van der Waals surface area contributed by atoms with Crippen LogP contribution < -0.4 is 5.73 Å². The molecule has 1 aromatic rings. The Labute approximate surface area is 194 Å². The summed E-state index contributed by atoms with van der Waals surface area (Å²) in [6.07, 6.45) is 13.2. The van der Waals surface area contributed by atoms with E-state index in [1.807, 2.05) is 23.9 Å². The Morgan fingerprint density at radius 3 is 2.72 bits per heavy atom. The maximum absolute atomic E-state index is 11.1.